The Labute approximate surface area is 274 Å². The number of rotatable bonds is 9. The highest BCUT2D eigenvalue weighted by molar-refractivity contribution is 6.01. The van der Waals surface area contributed by atoms with E-state index in [4.69, 9.17) is 14.5 Å². The van der Waals surface area contributed by atoms with Crippen LogP contribution in [0.2, 0.25) is 0 Å². The number of benzene rings is 3. The Morgan fingerprint density at radius 1 is 0.979 bits per heavy atom. The molecule has 0 radical (unpaired) electrons. The fourth-order valence-corrected chi connectivity index (χ4v) is 7.95. The Morgan fingerprint density at radius 2 is 1.79 bits per heavy atom. The highest BCUT2D eigenvalue weighted by Crippen LogP contribution is 2.44. The Morgan fingerprint density at radius 3 is 2.47 bits per heavy atom. The van der Waals surface area contributed by atoms with E-state index in [1.165, 1.54) is 19.3 Å². The average molecular weight is 632 g/mol. The minimum Gasteiger partial charge on any atom is -0.494 e. The predicted octanol–water partition coefficient (Wildman–Crippen LogP) is 7.40. The number of nitrogens with one attached hydrogen (secondary N) is 1. The molecule has 3 heterocycles. The van der Waals surface area contributed by atoms with Crippen molar-refractivity contribution in [2.75, 3.05) is 25.6 Å². The Hall–Kier alpha value is -4.79. The zero-order valence-electron chi connectivity index (χ0n) is 27.5. The summed E-state index contributed by atoms with van der Waals surface area (Å²) in [7, 11) is 3.69. The van der Waals surface area contributed by atoms with Crippen molar-refractivity contribution in [3.05, 3.63) is 71.8 Å². The molecule has 2 unspecified atom stereocenters. The molecule has 0 spiro atoms. The first-order valence-electron chi connectivity index (χ1n) is 16.9. The topological polar surface area (TPSA) is 90.6 Å². The summed E-state index contributed by atoms with van der Waals surface area (Å²) in [5.74, 6) is 3.02. The lowest BCUT2D eigenvalue weighted by molar-refractivity contribution is 0.0526. The number of carbonyl (C=O) groups excluding carboxylic acids is 2. The maximum absolute atomic E-state index is 13.8. The lowest BCUT2D eigenvalue weighted by Gasteiger charge is -2.27. The number of hydrogen-bond acceptors (Lipinski definition) is 6. The second-order valence-corrected chi connectivity index (χ2v) is 13.5. The summed E-state index contributed by atoms with van der Waals surface area (Å²) in [5, 5.41) is 4.71. The summed E-state index contributed by atoms with van der Waals surface area (Å²) in [6, 6.07) is 20.1. The normalized spacial score (nSPS) is 20.3. The van der Waals surface area contributed by atoms with Crippen LogP contribution in [-0.4, -0.2) is 57.2 Å². The van der Waals surface area contributed by atoms with Crippen LogP contribution in [0.15, 0.2) is 60.7 Å². The number of para-hydroxylation sites is 1. The number of fused-ring (bicyclic) bond motifs is 4. The Kier molecular flexibility index (Phi) is 7.23. The van der Waals surface area contributed by atoms with Crippen LogP contribution in [-0.2, 0) is 18.3 Å². The summed E-state index contributed by atoms with van der Waals surface area (Å²) in [6.45, 7) is 6.16. The van der Waals surface area contributed by atoms with E-state index in [9.17, 15) is 9.59 Å². The van der Waals surface area contributed by atoms with Crippen LogP contribution in [0.25, 0.3) is 33.5 Å². The number of amides is 1. The number of anilines is 2. The standard InChI is InChI=1S/C38H41N5O4/c1-5-47-38(45)24-11-14-28(15-12-24)39-29-8-6-7-25-18-32(42(34(25)29)20-23-9-10-23)36-40-30-17-27(19-33(46-4)35(30)41(36)3)37(44)43-21-26-13-16-31(43)22(26)2/h6-8,11-12,14-15,17-19,22-23,26,31,39H,5,9-10,13,16,20-21H2,1-4H3/t22-,26?,31?/m1/s1. The molecule has 2 aromatic heterocycles. The monoisotopic (exact) mass is 631 g/mol. The highest BCUT2D eigenvalue weighted by Gasteiger charge is 2.46. The van der Waals surface area contributed by atoms with Crippen molar-refractivity contribution in [3.63, 3.8) is 0 Å². The third kappa shape index (κ3) is 5.03. The number of piperidine rings is 1. The fourth-order valence-electron chi connectivity index (χ4n) is 7.95. The molecule has 2 saturated carbocycles. The first kappa shape index (κ1) is 29.6. The second kappa shape index (κ2) is 11.5. The summed E-state index contributed by atoms with van der Waals surface area (Å²) in [6.07, 6.45) is 4.73. The molecule has 3 aromatic carbocycles. The molecule has 1 amide bonds. The van der Waals surface area contributed by atoms with E-state index in [2.05, 4.69) is 50.5 Å². The van der Waals surface area contributed by atoms with Gasteiger partial charge < -0.3 is 28.8 Å². The van der Waals surface area contributed by atoms with Gasteiger partial charge in [-0.2, -0.15) is 0 Å². The number of imidazole rings is 1. The lowest BCUT2D eigenvalue weighted by atomic mass is 10.0. The van der Waals surface area contributed by atoms with Gasteiger partial charge in [-0.1, -0.05) is 19.1 Å². The second-order valence-electron chi connectivity index (χ2n) is 13.5. The molecule has 1 N–H and O–H groups in total. The van der Waals surface area contributed by atoms with Crippen LogP contribution in [0.5, 0.6) is 5.75 Å². The molecule has 2 bridgehead atoms. The van der Waals surface area contributed by atoms with Crippen LogP contribution >= 0.6 is 0 Å². The van der Waals surface area contributed by atoms with E-state index in [0.29, 0.717) is 47.3 Å². The van der Waals surface area contributed by atoms with E-state index >= 15 is 0 Å². The number of ether oxygens (including phenoxy) is 2. The number of methoxy groups -OCH3 is 1. The van der Waals surface area contributed by atoms with Gasteiger partial charge >= 0.3 is 5.97 Å². The molecule has 47 heavy (non-hydrogen) atoms. The van der Waals surface area contributed by atoms with E-state index < -0.39 is 0 Å². The van der Waals surface area contributed by atoms with Crippen LogP contribution in [0.4, 0.5) is 11.4 Å². The number of hydrogen-bond donors (Lipinski definition) is 1. The number of carbonyl (C=O) groups is 2. The van der Waals surface area contributed by atoms with Gasteiger partial charge in [0.05, 0.1) is 41.7 Å². The van der Waals surface area contributed by atoms with Gasteiger partial charge in [0.1, 0.15) is 11.3 Å². The third-order valence-electron chi connectivity index (χ3n) is 10.6. The SMILES string of the molecule is CCOC(=O)c1ccc(Nc2cccc3cc(-c4nc5cc(C(=O)N6CC7CCC6[C@@H]7C)cc(OC)c5n4C)n(CC4CC4)c23)cc1. The predicted molar refractivity (Wildman–Crippen MR) is 183 cm³/mol. The molecule has 8 rings (SSSR count). The van der Waals surface area contributed by atoms with Gasteiger partial charge in [-0.3, -0.25) is 4.79 Å². The molecule has 2 aliphatic carbocycles. The van der Waals surface area contributed by atoms with Crippen molar-refractivity contribution in [1.82, 2.24) is 19.0 Å². The third-order valence-corrected chi connectivity index (χ3v) is 10.6. The number of aryl methyl sites for hydroxylation is 1. The number of nitrogens with zero attached hydrogens (tertiary/aromatic N) is 4. The van der Waals surface area contributed by atoms with Gasteiger partial charge in [-0.25, -0.2) is 9.78 Å². The van der Waals surface area contributed by atoms with Gasteiger partial charge in [0.2, 0.25) is 0 Å². The zero-order chi connectivity index (χ0) is 32.4. The molecule has 1 saturated heterocycles. The van der Waals surface area contributed by atoms with Gasteiger partial charge in [-0.05, 0) is 98.9 Å². The molecule has 5 aromatic rings. The number of aromatic nitrogens is 3. The quantitative estimate of drug-likeness (QED) is 0.171. The van der Waals surface area contributed by atoms with E-state index in [1.54, 1.807) is 26.2 Å². The van der Waals surface area contributed by atoms with Crippen LogP contribution in [0.1, 0.15) is 60.2 Å². The molecule has 3 fully saturated rings. The van der Waals surface area contributed by atoms with Crippen molar-refractivity contribution in [1.29, 1.82) is 0 Å². The highest BCUT2D eigenvalue weighted by atomic mass is 16.5. The smallest absolute Gasteiger partial charge is 0.338 e. The molecule has 242 valence electrons. The molecular weight excluding hydrogens is 590 g/mol. The zero-order valence-corrected chi connectivity index (χ0v) is 27.5. The van der Waals surface area contributed by atoms with Crippen molar-refractivity contribution < 1.29 is 19.1 Å². The number of esters is 1. The molecular formula is C38H41N5O4. The maximum Gasteiger partial charge on any atom is 0.338 e. The molecule has 1 aliphatic heterocycles. The van der Waals surface area contributed by atoms with E-state index in [1.807, 2.05) is 31.3 Å². The maximum atomic E-state index is 13.8. The summed E-state index contributed by atoms with van der Waals surface area (Å²) >= 11 is 0. The number of likely N-dealkylation sites (tertiary alicyclic amines) is 1. The van der Waals surface area contributed by atoms with Gasteiger partial charge in [0.25, 0.3) is 5.91 Å². The molecule has 3 aliphatic rings. The van der Waals surface area contributed by atoms with Gasteiger partial charge in [0.15, 0.2) is 5.82 Å². The summed E-state index contributed by atoms with van der Waals surface area (Å²) in [5.41, 5.74) is 6.80. The Bertz CT molecular complexity index is 2020. The van der Waals surface area contributed by atoms with Gasteiger partial charge in [0, 0.05) is 42.8 Å². The fraction of sp³-hybridized carbons (Fsp3) is 0.395. The molecule has 9 heteroatoms. The lowest BCUT2D eigenvalue weighted by Crippen LogP contribution is -2.38. The van der Waals surface area contributed by atoms with Crippen molar-refractivity contribution in [3.8, 4) is 17.3 Å². The van der Waals surface area contributed by atoms with Gasteiger partial charge in [-0.15, -0.1) is 0 Å². The first-order chi connectivity index (χ1) is 22.8. The Balaban J connectivity index is 1.19. The summed E-state index contributed by atoms with van der Waals surface area (Å²) in [4.78, 5) is 33.3. The largest absolute Gasteiger partial charge is 0.494 e. The van der Waals surface area contributed by atoms with Crippen LogP contribution in [0.3, 0.4) is 0 Å². The van der Waals surface area contributed by atoms with Crippen molar-refractivity contribution in [2.24, 2.45) is 24.8 Å². The van der Waals surface area contributed by atoms with E-state index in [0.717, 1.165) is 64.3 Å². The van der Waals surface area contributed by atoms with Crippen molar-refractivity contribution in [2.45, 2.75) is 52.1 Å². The van der Waals surface area contributed by atoms with Crippen molar-refractivity contribution >= 4 is 45.2 Å². The van der Waals surface area contributed by atoms with E-state index in [-0.39, 0.29) is 11.9 Å². The first-order valence-corrected chi connectivity index (χ1v) is 16.9. The minimum absolute atomic E-state index is 0.0744. The van der Waals surface area contributed by atoms with Crippen LogP contribution < -0.4 is 10.1 Å². The molecule has 3 atom stereocenters. The average Bonchev–Trinajstić information content (AvgIpc) is 3.46. The summed E-state index contributed by atoms with van der Waals surface area (Å²) < 4.78 is 15.5. The minimum atomic E-state index is -0.322. The van der Waals surface area contributed by atoms with Crippen LogP contribution in [0, 0.1) is 17.8 Å². The molecule has 9 nitrogen and oxygen atoms in total.